The highest BCUT2D eigenvalue weighted by atomic mass is 35.5. The lowest BCUT2D eigenvalue weighted by atomic mass is 9.90. The van der Waals surface area contributed by atoms with Crippen molar-refractivity contribution in [3.05, 3.63) is 22.7 Å². The van der Waals surface area contributed by atoms with E-state index in [4.69, 9.17) is 22.1 Å². The van der Waals surface area contributed by atoms with Gasteiger partial charge in [-0.05, 0) is 43.5 Å². The Morgan fingerprint density at radius 1 is 1.52 bits per heavy atom. The minimum Gasteiger partial charge on any atom is -0.495 e. The normalized spacial score (nSPS) is 20.9. The zero-order chi connectivity index (χ0) is 16.3. The van der Waals surface area contributed by atoms with Crippen molar-refractivity contribution in [2.24, 2.45) is 11.1 Å². The maximum absolute atomic E-state index is 12.3. The van der Waals surface area contributed by atoms with Gasteiger partial charge in [0.1, 0.15) is 5.75 Å². The van der Waals surface area contributed by atoms with Gasteiger partial charge < -0.3 is 15.8 Å². The van der Waals surface area contributed by atoms with Crippen molar-refractivity contribution in [2.45, 2.75) is 20.3 Å². The second-order valence-corrected chi connectivity index (χ2v) is 6.73. The molecule has 0 aromatic heterocycles. The van der Waals surface area contributed by atoms with E-state index in [0.29, 0.717) is 29.5 Å². The molecule has 3 N–H and O–H groups in total. The second-order valence-electron chi connectivity index (χ2n) is 6.33. The molecule has 1 aliphatic rings. The molecule has 0 aliphatic carbocycles. The lowest BCUT2D eigenvalue weighted by molar-refractivity contribution is -0.117. The summed E-state index contributed by atoms with van der Waals surface area (Å²) in [5, 5.41) is 3.52. The van der Waals surface area contributed by atoms with Crippen molar-refractivity contribution in [3.8, 4) is 5.75 Å². The SMILES string of the molecule is COc1cc(Cl)c(C)cc1NC(=O)CN1CCC(C)(CN)C1.Cl. The summed E-state index contributed by atoms with van der Waals surface area (Å²) >= 11 is 6.07. The van der Waals surface area contributed by atoms with Crippen molar-refractivity contribution in [1.29, 1.82) is 0 Å². The van der Waals surface area contributed by atoms with Gasteiger partial charge in [-0.25, -0.2) is 0 Å². The number of nitrogens with zero attached hydrogens (tertiary/aromatic N) is 1. The molecule has 0 radical (unpaired) electrons. The van der Waals surface area contributed by atoms with E-state index in [1.807, 2.05) is 13.0 Å². The molecule has 1 heterocycles. The molecule has 1 unspecified atom stereocenters. The Kier molecular flexibility index (Phi) is 7.14. The Hall–Kier alpha value is -1.01. The van der Waals surface area contributed by atoms with Crippen LogP contribution in [0.15, 0.2) is 12.1 Å². The highest BCUT2D eigenvalue weighted by molar-refractivity contribution is 6.31. The number of hydrogen-bond acceptors (Lipinski definition) is 4. The maximum Gasteiger partial charge on any atom is 0.238 e. The molecule has 1 aromatic carbocycles. The van der Waals surface area contributed by atoms with Gasteiger partial charge in [-0.3, -0.25) is 9.69 Å². The van der Waals surface area contributed by atoms with E-state index in [-0.39, 0.29) is 23.7 Å². The number of benzene rings is 1. The third-order valence-corrected chi connectivity index (χ3v) is 4.66. The highest BCUT2D eigenvalue weighted by Crippen LogP contribution is 2.31. The van der Waals surface area contributed by atoms with Crippen LogP contribution in [-0.2, 0) is 4.79 Å². The number of nitrogens with one attached hydrogen (secondary N) is 1. The second kappa shape index (κ2) is 8.20. The minimum atomic E-state index is -0.0544. The summed E-state index contributed by atoms with van der Waals surface area (Å²) in [5.74, 6) is 0.512. The first kappa shape index (κ1) is 20.0. The highest BCUT2D eigenvalue weighted by Gasteiger charge is 2.33. The van der Waals surface area contributed by atoms with Gasteiger partial charge in [0.25, 0.3) is 0 Å². The summed E-state index contributed by atoms with van der Waals surface area (Å²) in [4.78, 5) is 14.4. The molecule has 7 heteroatoms. The number of aryl methyl sites for hydroxylation is 1. The number of likely N-dealkylation sites (tertiary alicyclic amines) is 1. The number of nitrogens with two attached hydrogens (primary N) is 1. The van der Waals surface area contributed by atoms with Crippen molar-refractivity contribution in [1.82, 2.24) is 4.90 Å². The molecular formula is C16H25Cl2N3O2. The summed E-state index contributed by atoms with van der Waals surface area (Å²) in [6.45, 7) is 6.82. The summed E-state index contributed by atoms with van der Waals surface area (Å²) < 4.78 is 5.27. The van der Waals surface area contributed by atoms with Crippen molar-refractivity contribution in [2.75, 3.05) is 38.6 Å². The van der Waals surface area contributed by atoms with Crippen molar-refractivity contribution in [3.63, 3.8) is 0 Å². The smallest absolute Gasteiger partial charge is 0.238 e. The molecule has 1 amide bonds. The standard InChI is InChI=1S/C16H24ClN3O2.ClH/c1-11-6-13(14(22-3)7-12(11)17)19-15(21)8-20-5-4-16(2,9-18)10-20;/h6-7H,4-5,8-10,18H2,1-3H3,(H,19,21);1H. The van der Waals surface area contributed by atoms with Crippen LogP contribution < -0.4 is 15.8 Å². The van der Waals surface area contributed by atoms with Gasteiger partial charge in [-0.15, -0.1) is 12.4 Å². The summed E-state index contributed by atoms with van der Waals surface area (Å²) in [5.41, 5.74) is 7.46. The van der Waals surface area contributed by atoms with Crippen molar-refractivity contribution >= 4 is 35.6 Å². The summed E-state index contributed by atoms with van der Waals surface area (Å²) in [6, 6.07) is 3.54. The van der Waals surface area contributed by atoms with Gasteiger partial charge in [-0.1, -0.05) is 18.5 Å². The van der Waals surface area contributed by atoms with Crippen LogP contribution in [0, 0.1) is 12.3 Å². The molecule has 1 aliphatic heterocycles. The monoisotopic (exact) mass is 361 g/mol. The first-order valence-electron chi connectivity index (χ1n) is 7.43. The number of halogens is 2. The van der Waals surface area contributed by atoms with Crippen LogP contribution in [0.3, 0.4) is 0 Å². The number of carbonyl (C=O) groups excluding carboxylic acids is 1. The molecule has 1 fully saturated rings. The quantitative estimate of drug-likeness (QED) is 0.845. The zero-order valence-corrected chi connectivity index (χ0v) is 15.4. The molecular weight excluding hydrogens is 337 g/mol. The lowest BCUT2D eigenvalue weighted by Crippen LogP contribution is -2.35. The first-order valence-corrected chi connectivity index (χ1v) is 7.81. The number of anilines is 1. The van der Waals surface area contributed by atoms with Crippen LogP contribution in [-0.4, -0.2) is 44.1 Å². The van der Waals surface area contributed by atoms with Crippen LogP contribution in [0.4, 0.5) is 5.69 Å². The van der Waals surface area contributed by atoms with E-state index >= 15 is 0 Å². The average molecular weight is 362 g/mol. The Morgan fingerprint density at radius 2 is 2.22 bits per heavy atom. The van der Waals surface area contributed by atoms with E-state index in [9.17, 15) is 4.79 Å². The molecule has 0 spiro atoms. The largest absolute Gasteiger partial charge is 0.495 e. The van der Waals surface area contributed by atoms with Crippen LogP contribution in [0.2, 0.25) is 5.02 Å². The number of carbonyl (C=O) groups is 1. The van der Waals surface area contributed by atoms with E-state index in [0.717, 1.165) is 25.1 Å². The molecule has 1 aromatic rings. The number of amides is 1. The molecule has 1 saturated heterocycles. The average Bonchev–Trinajstić information content (AvgIpc) is 2.84. The summed E-state index contributed by atoms with van der Waals surface area (Å²) in [7, 11) is 1.56. The fraction of sp³-hybridized carbons (Fsp3) is 0.562. The number of ether oxygens (including phenoxy) is 1. The van der Waals surface area contributed by atoms with Gasteiger partial charge in [-0.2, -0.15) is 0 Å². The molecule has 2 rings (SSSR count). The number of methoxy groups -OCH3 is 1. The van der Waals surface area contributed by atoms with Gasteiger partial charge in [0.15, 0.2) is 0 Å². The molecule has 23 heavy (non-hydrogen) atoms. The molecule has 0 bridgehead atoms. The minimum absolute atomic E-state index is 0. The molecule has 130 valence electrons. The molecule has 0 saturated carbocycles. The topological polar surface area (TPSA) is 67.6 Å². The third kappa shape index (κ3) is 4.98. The molecule has 5 nitrogen and oxygen atoms in total. The van der Waals surface area contributed by atoms with Gasteiger partial charge >= 0.3 is 0 Å². The zero-order valence-electron chi connectivity index (χ0n) is 13.8. The first-order chi connectivity index (χ1) is 10.4. The summed E-state index contributed by atoms with van der Waals surface area (Å²) in [6.07, 6.45) is 1.03. The van der Waals surface area contributed by atoms with E-state index in [2.05, 4.69) is 17.1 Å². The van der Waals surface area contributed by atoms with Gasteiger partial charge in [0.05, 0.1) is 19.3 Å². The predicted molar refractivity (Wildman–Crippen MR) is 96.8 cm³/mol. The lowest BCUT2D eigenvalue weighted by Gasteiger charge is -2.22. The van der Waals surface area contributed by atoms with E-state index in [1.165, 1.54) is 0 Å². The molecule has 1 atom stereocenters. The maximum atomic E-state index is 12.3. The predicted octanol–water partition coefficient (Wildman–Crippen LogP) is 2.69. The Labute approximate surface area is 148 Å². The Balaban J connectivity index is 0.00000264. The van der Waals surface area contributed by atoms with E-state index in [1.54, 1.807) is 13.2 Å². The van der Waals surface area contributed by atoms with E-state index < -0.39 is 0 Å². The number of rotatable bonds is 5. The fourth-order valence-electron chi connectivity index (χ4n) is 2.75. The van der Waals surface area contributed by atoms with Gasteiger partial charge in [0.2, 0.25) is 5.91 Å². The van der Waals surface area contributed by atoms with Crippen LogP contribution in [0.1, 0.15) is 18.9 Å². The van der Waals surface area contributed by atoms with Crippen molar-refractivity contribution < 1.29 is 9.53 Å². The Morgan fingerprint density at radius 3 is 2.78 bits per heavy atom. The van der Waals surface area contributed by atoms with Crippen LogP contribution in [0.25, 0.3) is 0 Å². The Bertz CT molecular complexity index is 569. The van der Waals surface area contributed by atoms with Crippen LogP contribution in [0.5, 0.6) is 5.75 Å². The van der Waals surface area contributed by atoms with Gasteiger partial charge in [0, 0.05) is 17.6 Å². The third-order valence-electron chi connectivity index (χ3n) is 4.25. The van der Waals surface area contributed by atoms with Crippen LogP contribution >= 0.6 is 24.0 Å². The number of hydrogen-bond donors (Lipinski definition) is 2. The fourth-order valence-corrected chi connectivity index (χ4v) is 2.90.